The van der Waals surface area contributed by atoms with Crippen molar-refractivity contribution >= 4 is 17.7 Å². The van der Waals surface area contributed by atoms with Crippen LogP contribution in [0, 0.1) is 0 Å². The normalized spacial score (nSPS) is 18.4. The summed E-state index contributed by atoms with van der Waals surface area (Å²) in [5.41, 5.74) is -0.481. The molecule has 1 aliphatic heterocycles. The van der Waals surface area contributed by atoms with E-state index >= 15 is 0 Å². The first-order chi connectivity index (χ1) is 9.37. The summed E-state index contributed by atoms with van der Waals surface area (Å²) in [6, 6.07) is 3.54. The van der Waals surface area contributed by atoms with Crippen molar-refractivity contribution in [1.29, 1.82) is 0 Å². The van der Waals surface area contributed by atoms with Gasteiger partial charge in [-0.15, -0.1) is 0 Å². The third kappa shape index (κ3) is 3.76. The Kier molecular flexibility index (Phi) is 4.38. The fourth-order valence-electron chi connectivity index (χ4n) is 1.84. The monoisotopic (exact) mass is 298 g/mol. The Balaban J connectivity index is 1.86. The molecule has 0 aromatic carbocycles. The molecule has 110 valence electrons. The molecule has 0 unspecified atom stereocenters. The molecule has 1 saturated heterocycles. The maximum absolute atomic E-state index is 11.9. The van der Waals surface area contributed by atoms with Gasteiger partial charge in [0.1, 0.15) is 12.2 Å². The molecule has 5 nitrogen and oxygen atoms in total. The van der Waals surface area contributed by atoms with Crippen LogP contribution >= 0.6 is 11.6 Å². The average molecular weight is 299 g/mol. The Labute approximate surface area is 123 Å². The quantitative estimate of drug-likeness (QED) is 0.805. The van der Waals surface area contributed by atoms with Gasteiger partial charge in [0, 0.05) is 12.7 Å². The molecule has 1 aliphatic rings. The van der Waals surface area contributed by atoms with Gasteiger partial charge in [-0.3, -0.25) is 0 Å². The van der Waals surface area contributed by atoms with Gasteiger partial charge in [-0.2, -0.15) is 0 Å². The molecular formula is C14H19ClN2O3. The zero-order valence-corrected chi connectivity index (χ0v) is 12.7. The fraction of sp³-hybridized carbons (Fsp3) is 0.571. The molecular weight excluding hydrogens is 280 g/mol. The molecule has 2 heterocycles. The summed E-state index contributed by atoms with van der Waals surface area (Å²) in [5, 5.41) is 0.329. The van der Waals surface area contributed by atoms with Crippen molar-refractivity contribution in [3.8, 4) is 5.75 Å². The van der Waals surface area contributed by atoms with Crippen molar-refractivity contribution in [3.05, 3.63) is 23.5 Å². The van der Waals surface area contributed by atoms with E-state index in [1.165, 1.54) is 0 Å². The van der Waals surface area contributed by atoms with E-state index in [1.54, 1.807) is 23.2 Å². The molecule has 0 bridgehead atoms. The summed E-state index contributed by atoms with van der Waals surface area (Å²) >= 11 is 5.91. The number of hydrogen-bond donors (Lipinski definition) is 0. The minimum Gasteiger partial charge on any atom is -0.488 e. The Morgan fingerprint density at radius 2 is 2.30 bits per heavy atom. The lowest BCUT2D eigenvalue weighted by atomic mass is 10.1. The van der Waals surface area contributed by atoms with E-state index < -0.39 is 5.60 Å². The van der Waals surface area contributed by atoms with E-state index in [2.05, 4.69) is 4.98 Å². The predicted molar refractivity (Wildman–Crippen MR) is 76.1 cm³/mol. The molecule has 0 spiro atoms. The summed E-state index contributed by atoms with van der Waals surface area (Å²) in [6.07, 6.45) is 2.21. The van der Waals surface area contributed by atoms with Gasteiger partial charge in [0.2, 0.25) is 0 Å². The first-order valence-corrected chi connectivity index (χ1v) is 6.97. The highest BCUT2D eigenvalue weighted by Gasteiger charge is 2.35. The van der Waals surface area contributed by atoms with Crippen LogP contribution in [0.25, 0.3) is 0 Å². The number of carbonyl (C=O) groups excluding carboxylic acids is 1. The second kappa shape index (κ2) is 5.87. The number of nitrogens with zero attached hydrogens (tertiary/aromatic N) is 2. The van der Waals surface area contributed by atoms with Crippen LogP contribution in [-0.4, -0.2) is 40.8 Å². The lowest BCUT2D eigenvalue weighted by Crippen LogP contribution is -2.55. The second-order valence-corrected chi connectivity index (χ2v) is 6.08. The number of carbonyl (C=O) groups is 1. The van der Waals surface area contributed by atoms with Gasteiger partial charge in [-0.05, 0) is 39.3 Å². The Morgan fingerprint density at radius 1 is 1.55 bits per heavy atom. The van der Waals surface area contributed by atoms with Crippen molar-refractivity contribution in [2.24, 2.45) is 0 Å². The molecule has 1 aromatic heterocycles. The summed E-state index contributed by atoms with van der Waals surface area (Å²) in [7, 11) is 0. The van der Waals surface area contributed by atoms with Gasteiger partial charge in [0.15, 0.2) is 10.9 Å². The standard InChI is InChI=1S/C14H19ClN2O3/c1-14(2,3)20-13(18)17-8-6-10(17)9-19-11-5-4-7-16-12(11)15/h4-5,7,10H,6,8-9H2,1-3H3/t10-/m1/s1. The molecule has 1 fully saturated rings. The molecule has 0 saturated carbocycles. The van der Waals surface area contributed by atoms with Crippen LogP contribution in [0.3, 0.4) is 0 Å². The van der Waals surface area contributed by atoms with Gasteiger partial charge < -0.3 is 14.4 Å². The van der Waals surface area contributed by atoms with Crippen LogP contribution in [0.15, 0.2) is 18.3 Å². The van der Waals surface area contributed by atoms with Crippen molar-refractivity contribution < 1.29 is 14.3 Å². The van der Waals surface area contributed by atoms with E-state index in [0.717, 1.165) is 6.42 Å². The fourth-order valence-corrected chi connectivity index (χ4v) is 2.01. The smallest absolute Gasteiger partial charge is 0.410 e. The molecule has 6 heteroatoms. The van der Waals surface area contributed by atoms with E-state index in [4.69, 9.17) is 21.1 Å². The summed E-state index contributed by atoms with van der Waals surface area (Å²) in [6.45, 7) is 6.65. The Hall–Kier alpha value is -1.49. The van der Waals surface area contributed by atoms with Gasteiger partial charge in [0.05, 0.1) is 6.04 Å². The lowest BCUT2D eigenvalue weighted by molar-refractivity contribution is -0.0141. The Morgan fingerprint density at radius 3 is 2.85 bits per heavy atom. The minimum atomic E-state index is -0.481. The van der Waals surface area contributed by atoms with Crippen molar-refractivity contribution in [1.82, 2.24) is 9.88 Å². The van der Waals surface area contributed by atoms with Gasteiger partial charge in [-0.1, -0.05) is 11.6 Å². The van der Waals surface area contributed by atoms with Gasteiger partial charge in [-0.25, -0.2) is 9.78 Å². The van der Waals surface area contributed by atoms with Crippen molar-refractivity contribution in [2.45, 2.75) is 38.8 Å². The third-order valence-electron chi connectivity index (χ3n) is 2.93. The molecule has 0 aliphatic carbocycles. The molecule has 1 atom stereocenters. The second-order valence-electron chi connectivity index (χ2n) is 5.72. The number of pyridine rings is 1. The molecule has 1 amide bonds. The average Bonchev–Trinajstić information content (AvgIpc) is 2.27. The highest BCUT2D eigenvalue weighted by atomic mass is 35.5. The van der Waals surface area contributed by atoms with Crippen LogP contribution in [0.2, 0.25) is 5.15 Å². The molecule has 1 aromatic rings. The first kappa shape index (κ1) is 14.9. The number of halogens is 1. The van der Waals surface area contributed by atoms with E-state index in [1.807, 2.05) is 20.8 Å². The maximum Gasteiger partial charge on any atom is 0.410 e. The minimum absolute atomic E-state index is 0.0288. The molecule has 0 N–H and O–H groups in total. The Bertz CT molecular complexity index is 488. The maximum atomic E-state index is 11.9. The molecule has 20 heavy (non-hydrogen) atoms. The third-order valence-corrected chi connectivity index (χ3v) is 3.21. The zero-order chi connectivity index (χ0) is 14.8. The molecule has 2 rings (SSSR count). The predicted octanol–water partition coefficient (Wildman–Crippen LogP) is 3.12. The number of amides is 1. The van der Waals surface area contributed by atoms with E-state index in [0.29, 0.717) is 24.1 Å². The number of ether oxygens (including phenoxy) is 2. The highest BCUT2D eigenvalue weighted by molar-refractivity contribution is 6.30. The van der Waals surface area contributed by atoms with E-state index in [-0.39, 0.29) is 12.1 Å². The van der Waals surface area contributed by atoms with Crippen molar-refractivity contribution in [2.75, 3.05) is 13.2 Å². The highest BCUT2D eigenvalue weighted by Crippen LogP contribution is 2.25. The van der Waals surface area contributed by atoms with Gasteiger partial charge in [0.25, 0.3) is 0 Å². The van der Waals surface area contributed by atoms with Crippen LogP contribution in [-0.2, 0) is 4.74 Å². The first-order valence-electron chi connectivity index (χ1n) is 6.60. The topological polar surface area (TPSA) is 51.7 Å². The van der Waals surface area contributed by atoms with Crippen LogP contribution in [0.5, 0.6) is 5.75 Å². The van der Waals surface area contributed by atoms with Crippen molar-refractivity contribution in [3.63, 3.8) is 0 Å². The largest absolute Gasteiger partial charge is 0.488 e. The summed E-state index contributed by atoms with van der Waals surface area (Å²) in [5.74, 6) is 0.533. The van der Waals surface area contributed by atoms with Gasteiger partial charge >= 0.3 is 6.09 Å². The molecule has 0 radical (unpaired) electrons. The number of hydrogen-bond acceptors (Lipinski definition) is 4. The summed E-state index contributed by atoms with van der Waals surface area (Å²) in [4.78, 5) is 17.6. The van der Waals surface area contributed by atoms with E-state index in [9.17, 15) is 4.79 Å². The zero-order valence-electron chi connectivity index (χ0n) is 11.9. The van der Waals surface area contributed by atoms with Crippen LogP contribution in [0.4, 0.5) is 4.79 Å². The van der Waals surface area contributed by atoms with Crippen LogP contribution in [0.1, 0.15) is 27.2 Å². The number of rotatable bonds is 3. The SMILES string of the molecule is CC(C)(C)OC(=O)N1CC[C@@H]1COc1cccnc1Cl. The lowest BCUT2D eigenvalue weighted by Gasteiger charge is -2.41. The summed E-state index contributed by atoms with van der Waals surface area (Å²) < 4.78 is 10.9. The number of likely N-dealkylation sites (tertiary alicyclic amines) is 1. The number of aromatic nitrogens is 1. The van der Waals surface area contributed by atoms with Crippen LogP contribution < -0.4 is 4.74 Å².